The van der Waals surface area contributed by atoms with Gasteiger partial charge >= 0.3 is 0 Å². The lowest BCUT2D eigenvalue weighted by atomic mass is 9.90. The third-order valence-electron chi connectivity index (χ3n) is 3.56. The summed E-state index contributed by atoms with van der Waals surface area (Å²) in [5.41, 5.74) is 0. The Balaban J connectivity index is 2.43. The molecule has 0 aliphatic carbocycles. The standard InChI is InChI=1S/C12H25N3O2/c1-4-7-15(17-3)10-12(13-16)11-5-8-14(2)9-6-11/h11-12H,4-10H2,1-3H3. The minimum Gasteiger partial charge on any atom is -0.306 e. The topological polar surface area (TPSA) is 45.1 Å². The molecule has 1 atom stereocenters. The van der Waals surface area contributed by atoms with Crippen LogP contribution < -0.4 is 0 Å². The Bertz CT molecular complexity index is 218. The van der Waals surface area contributed by atoms with Crippen LogP contribution in [0.5, 0.6) is 0 Å². The van der Waals surface area contributed by atoms with Crippen molar-refractivity contribution in [2.45, 2.75) is 32.2 Å². The first-order valence-electron chi connectivity index (χ1n) is 6.51. The number of likely N-dealkylation sites (tertiary alicyclic amines) is 1. The van der Waals surface area contributed by atoms with Gasteiger partial charge in [0.1, 0.15) is 6.04 Å². The molecule has 0 aromatic heterocycles. The number of nitroso groups, excluding NO2 is 1. The van der Waals surface area contributed by atoms with Gasteiger partial charge in [-0.2, -0.15) is 9.97 Å². The van der Waals surface area contributed by atoms with E-state index in [-0.39, 0.29) is 6.04 Å². The molecule has 0 aromatic carbocycles. The number of hydrogen-bond donors (Lipinski definition) is 0. The van der Waals surface area contributed by atoms with Gasteiger partial charge in [-0.05, 0) is 45.3 Å². The van der Waals surface area contributed by atoms with Crippen LogP contribution in [0.1, 0.15) is 26.2 Å². The van der Waals surface area contributed by atoms with E-state index in [9.17, 15) is 4.91 Å². The predicted octanol–water partition coefficient (Wildman–Crippen LogP) is 1.74. The van der Waals surface area contributed by atoms with Crippen LogP contribution in [0.15, 0.2) is 5.18 Å². The first kappa shape index (κ1) is 14.5. The van der Waals surface area contributed by atoms with E-state index in [1.54, 1.807) is 7.11 Å². The van der Waals surface area contributed by atoms with E-state index < -0.39 is 0 Å². The maximum atomic E-state index is 11.0. The molecule has 0 saturated carbocycles. The Kier molecular flexibility index (Phi) is 6.62. The van der Waals surface area contributed by atoms with Crippen molar-refractivity contribution in [3.8, 4) is 0 Å². The predicted molar refractivity (Wildman–Crippen MR) is 68.7 cm³/mol. The average Bonchev–Trinajstić information content (AvgIpc) is 2.36. The van der Waals surface area contributed by atoms with Crippen molar-refractivity contribution in [1.29, 1.82) is 0 Å². The van der Waals surface area contributed by atoms with Crippen LogP contribution in [-0.2, 0) is 4.84 Å². The molecule has 1 heterocycles. The Morgan fingerprint density at radius 2 is 2.12 bits per heavy atom. The number of hydroxylamine groups is 2. The highest BCUT2D eigenvalue weighted by atomic mass is 16.7. The van der Waals surface area contributed by atoms with Crippen LogP contribution in [0.4, 0.5) is 0 Å². The first-order chi connectivity index (χ1) is 8.21. The molecule has 17 heavy (non-hydrogen) atoms. The summed E-state index contributed by atoms with van der Waals surface area (Å²) in [5.74, 6) is 0.415. The maximum absolute atomic E-state index is 11.0. The second-order valence-electron chi connectivity index (χ2n) is 4.88. The molecule has 1 saturated heterocycles. The third-order valence-corrected chi connectivity index (χ3v) is 3.56. The zero-order valence-corrected chi connectivity index (χ0v) is 11.3. The number of hydrogen-bond acceptors (Lipinski definition) is 5. The summed E-state index contributed by atoms with van der Waals surface area (Å²) in [6, 6.07) is -0.129. The molecule has 1 rings (SSSR count). The summed E-state index contributed by atoms with van der Waals surface area (Å²) in [5, 5.41) is 5.17. The monoisotopic (exact) mass is 243 g/mol. The first-order valence-corrected chi connectivity index (χ1v) is 6.51. The third kappa shape index (κ3) is 4.69. The van der Waals surface area contributed by atoms with Crippen molar-refractivity contribution in [3.63, 3.8) is 0 Å². The zero-order valence-electron chi connectivity index (χ0n) is 11.3. The van der Waals surface area contributed by atoms with Crippen LogP contribution in [0.3, 0.4) is 0 Å². The molecule has 0 amide bonds. The second kappa shape index (κ2) is 7.74. The normalized spacial score (nSPS) is 20.7. The lowest BCUT2D eigenvalue weighted by Crippen LogP contribution is -2.40. The van der Waals surface area contributed by atoms with Crippen molar-refractivity contribution in [3.05, 3.63) is 4.91 Å². The molecular weight excluding hydrogens is 218 g/mol. The fraction of sp³-hybridized carbons (Fsp3) is 1.00. The molecule has 0 spiro atoms. The molecule has 1 aliphatic heterocycles. The van der Waals surface area contributed by atoms with E-state index in [4.69, 9.17) is 4.84 Å². The van der Waals surface area contributed by atoms with Gasteiger partial charge in [-0.1, -0.05) is 12.1 Å². The van der Waals surface area contributed by atoms with Gasteiger partial charge in [0.05, 0.1) is 13.7 Å². The van der Waals surface area contributed by atoms with Crippen LogP contribution >= 0.6 is 0 Å². The summed E-state index contributed by atoms with van der Waals surface area (Å²) in [6.45, 7) is 5.72. The molecule has 5 nitrogen and oxygen atoms in total. The summed E-state index contributed by atoms with van der Waals surface area (Å²) < 4.78 is 0. The Labute approximate surface area is 104 Å². The highest BCUT2D eigenvalue weighted by molar-refractivity contribution is 4.82. The summed E-state index contributed by atoms with van der Waals surface area (Å²) in [7, 11) is 3.78. The van der Waals surface area contributed by atoms with Gasteiger partial charge in [0.25, 0.3) is 0 Å². The highest BCUT2D eigenvalue weighted by Gasteiger charge is 2.27. The fourth-order valence-corrected chi connectivity index (χ4v) is 2.40. The van der Waals surface area contributed by atoms with E-state index in [0.29, 0.717) is 12.5 Å². The molecule has 0 aromatic rings. The van der Waals surface area contributed by atoms with Crippen LogP contribution in [0.25, 0.3) is 0 Å². The van der Waals surface area contributed by atoms with E-state index in [1.165, 1.54) is 0 Å². The lowest BCUT2D eigenvalue weighted by molar-refractivity contribution is -0.136. The Hall–Kier alpha value is -0.520. The van der Waals surface area contributed by atoms with E-state index in [1.807, 2.05) is 5.06 Å². The van der Waals surface area contributed by atoms with Crippen LogP contribution in [0.2, 0.25) is 0 Å². The molecular formula is C12H25N3O2. The molecule has 1 aliphatic rings. The molecule has 0 radical (unpaired) electrons. The van der Waals surface area contributed by atoms with Crippen molar-refractivity contribution >= 4 is 0 Å². The van der Waals surface area contributed by atoms with E-state index >= 15 is 0 Å². The zero-order chi connectivity index (χ0) is 12.7. The van der Waals surface area contributed by atoms with Gasteiger partial charge in [-0.15, -0.1) is 0 Å². The fourth-order valence-electron chi connectivity index (χ4n) is 2.40. The highest BCUT2D eigenvalue weighted by Crippen LogP contribution is 2.22. The maximum Gasteiger partial charge on any atom is 0.110 e. The molecule has 100 valence electrons. The van der Waals surface area contributed by atoms with Crippen molar-refractivity contribution in [2.75, 3.05) is 40.3 Å². The van der Waals surface area contributed by atoms with Gasteiger partial charge in [0, 0.05) is 6.54 Å². The van der Waals surface area contributed by atoms with Gasteiger partial charge in [-0.3, -0.25) is 0 Å². The lowest BCUT2D eigenvalue weighted by Gasteiger charge is -2.33. The van der Waals surface area contributed by atoms with Crippen molar-refractivity contribution in [1.82, 2.24) is 9.96 Å². The van der Waals surface area contributed by atoms with E-state index in [2.05, 4.69) is 24.0 Å². The molecule has 1 fully saturated rings. The number of rotatable bonds is 7. The minimum absolute atomic E-state index is 0.129. The summed E-state index contributed by atoms with van der Waals surface area (Å²) >= 11 is 0. The largest absolute Gasteiger partial charge is 0.306 e. The smallest absolute Gasteiger partial charge is 0.110 e. The van der Waals surface area contributed by atoms with Gasteiger partial charge in [0.2, 0.25) is 0 Å². The molecule has 1 unspecified atom stereocenters. The van der Waals surface area contributed by atoms with Gasteiger partial charge in [0.15, 0.2) is 0 Å². The number of piperidine rings is 1. The average molecular weight is 243 g/mol. The quantitative estimate of drug-likeness (QED) is 0.504. The summed E-state index contributed by atoms with van der Waals surface area (Å²) in [6.07, 6.45) is 3.15. The Morgan fingerprint density at radius 3 is 2.59 bits per heavy atom. The second-order valence-corrected chi connectivity index (χ2v) is 4.88. The minimum atomic E-state index is -0.129. The number of nitrogens with zero attached hydrogens (tertiary/aromatic N) is 3. The van der Waals surface area contributed by atoms with Crippen molar-refractivity contribution in [2.24, 2.45) is 11.1 Å². The molecule has 5 heteroatoms. The van der Waals surface area contributed by atoms with Gasteiger partial charge in [-0.25, -0.2) is 0 Å². The van der Waals surface area contributed by atoms with Crippen LogP contribution in [0, 0.1) is 10.8 Å². The van der Waals surface area contributed by atoms with E-state index in [0.717, 1.165) is 38.9 Å². The summed E-state index contributed by atoms with van der Waals surface area (Å²) in [4.78, 5) is 18.6. The van der Waals surface area contributed by atoms with Gasteiger partial charge < -0.3 is 9.74 Å². The molecule has 0 N–H and O–H groups in total. The van der Waals surface area contributed by atoms with Crippen molar-refractivity contribution < 1.29 is 4.84 Å². The SMILES string of the molecule is CCCN(CC(N=O)C1CCN(C)CC1)OC. The van der Waals surface area contributed by atoms with Crippen LogP contribution in [-0.4, -0.2) is 56.3 Å². The molecule has 0 bridgehead atoms. The Morgan fingerprint density at radius 1 is 1.47 bits per heavy atom.